The summed E-state index contributed by atoms with van der Waals surface area (Å²) in [5.74, 6) is 0.881. The number of anilines is 3. The number of rotatable bonds is 7. The van der Waals surface area contributed by atoms with Crippen molar-refractivity contribution in [2.45, 2.75) is 46.6 Å². The van der Waals surface area contributed by atoms with E-state index in [4.69, 9.17) is 17.2 Å². The normalized spacial score (nSPS) is 18.5. The highest BCUT2D eigenvalue weighted by Crippen LogP contribution is 2.36. The van der Waals surface area contributed by atoms with Gasteiger partial charge in [0, 0.05) is 30.2 Å². The second-order valence-electron chi connectivity index (χ2n) is 7.92. The van der Waals surface area contributed by atoms with Gasteiger partial charge in [0.05, 0.1) is 6.61 Å². The number of aryl methyl sites for hydroxylation is 2. The van der Waals surface area contributed by atoms with Gasteiger partial charge in [0.2, 0.25) is 5.11 Å². The summed E-state index contributed by atoms with van der Waals surface area (Å²) in [6.45, 7) is 12.3. The number of aliphatic imine (C=N–C) groups is 1. The Kier molecular flexibility index (Phi) is 6.78. The number of nitrogens with one attached hydrogen (secondary N) is 1. The van der Waals surface area contributed by atoms with Crippen molar-refractivity contribution in [3.05, 3.63) is 53.6 Å². The maximum absolute atomic E-state index is 9.29. The zero-order chi connectivity index (χ0) is 21.9. The number of aliphatic hydroxyl groups is 1. The summed E-state index contributed by atoms with van der Waals surface area (Å²) in [6.07, 6.45) is 0.858. The van der Waals surface area contributed by atoms with E-state index in [1.54, 1.807) is 0 Å². The molecule has 30 heavy (non-hydrogen) atoms. The quantitative estimate of drug-likeness (QED) is 0.619. The molecule has 0 aliphatic carbocycles. The van der Waals surface area contributed by atoms with Crippen molar-refractivity contribution < 1.29 is 5.11 Å². The Morgan fingerprint density at radius 2 is 1.73 bits per heavy atom. The molecule has 1 heterocycles. The van der Waals surface area contributed by atoms with Crippen LogP contribution in [-0.4, -0.2) is 41.3 Å². The molecule has 0 fully saturated rings. The number of hydrogen-bond acceptors (Lipinski definition) is 4. The third kappa shape index (κ3) is 4.07. The maximum Gasteiger partial charge on any atom is 0.202 e. The zero-order valence-electron chi connectivity index (χ0n) is 18.6. The highest BCUT2D eigenvalue weighted by molar-refractivity contribution is 7.80. The largest absolute Gasteiger partial charge is 0.395 e. The lowest BCUT2D eigenvalue weighted by atomic mass is 9.94. The molecule has 0 saturated heterocycles. The molecule has 1 atom stereocenters. The van der Waals surface area contributed by atoms with Crippen molar-refractivity contribution in [1.82, 2.24) is 0 Å². The molecule has 0 bridgehead atoms. The molecular weight excluding hydrogens is 392 g/mol. The average molecular weight is 425 g/mol. The van der Waals surface area contributed by atoms with Gasteiger partial charge in [0.25, 0.3) is 0 Å². The molecule has 0 spiro atoms. The Balaban J connectivity index is 1.91. The van der Waals surface area contributed by atoms with E-state index in [2.05, 4.69) is 92.2 Å². The number of benzene rings is 2. The fourth-order valence-corrected chi connectivity index (χ4v) is 4.40. The topological polar surface area (TPSA) is 51.1 Å². The number of nitrogens with zero attached hydrogens (tertiary/aromatic N) is 3. The highest BCUT2D eigenvalue weighted by atomic mass is 32.1. The molecule has 0 saturated carbocycles. The lowest BCUT2D eigenvalue weighted by Gasteiger charge is -2.37. The van der Waals surface area contributed by atoms with Crippen molar-refractivity contribution in [1.29, 1.82) is 0 Å². The molecule has 0 unspecified atom stereocenters. The Labute approximate surface area is 185 Å². The van der Waals surface area contributed by atoms with E-state index in [0.717, 1.165) is 35.9 Å². The van der Waals surface area contributed by atoms with Crippen LogP contribution in [0, 0.1) is 13.8 Å². The molecule has 3 rings (SSSR count). The fourth-order valence-electron chi connectivity index (χ4n) is 4.00. The molecule has 0 amide bonds. The fraction of sp³-hybridized carbons (Fsp3) is 0.417. The van der Waals surface area contributed by atoms with Crippen LogP contribution >= 0.6 is 12.2 Å². The summed E-state index contributed by atoms with van der Waals surface area (Å²) in [4.78, 5) is 9.06. The Bertz CT molecular complexity index is 920. The van der Waals surface area contributed by atoms with Crippen LogP contribution in [0.5, 0.6) is 0 Å². The predicted octanol–water partition coefficient (Wildman–Crippen LogP) is 4.91. The summed E-state index contributed by atoms with van der Waals surface area (Å²) in [7, 11) is 0. The van der Waals surface area contributed by atoms with E-state index >= 15 is 0 Å². The zero-order valence-corrected chi connectivity index (χ0v) is 19.4. The van der Waals surface area contributed by atoms with Gasteiger partial charge in [-0.05, 0) is 81.7 Å². The van der Waals surface area contributed by atoms with Crippen LogP contribution < -0.4 is 15.1 Å². The van der Waals surface area contributed by atoms with E-state index in [0.29, 0.717) is 11.7 Å². The highest BCUT2D eigenvalue weighted by Gasteiger charge is 2.43. The van der Waals surface area contributed by atoms with Crippen LogP contribution in [0.2, 0.25) is 0 Å². The molecule has 1 aliphatic rings. The molecule has 5 nitrogen and oxygen atoms in total. The third-order valence-electron chi connectivity index (χ3n) is 6.04. The summed E-state index contributed by atoms with van der Waals surface area (Å²) in [5, 5.41) is 13.5. The molecular formula is C24H32N4OS. The smallest absolute Gasteiger partial charge is 0.202 e. The number of thiocarbonyl (C=S) groups is 1. The molecule has 2 aromatic carbocycles. The number of para-hydroxylation sites is 1. The number of hydrogen-bond donors (Lipinski definition) is 2. The second kappa shape index (κ2) is 9.14. The van der Waals surface area contributed by atoms with Gasteiger partial charge in [0.1, 0.15) is 11.4 Å². The minimum absolute atomic E-state index is 0.140. The summed E-state index contributed by atoms with van der Waals surface area (Å²) in [5.41, 5.74) is 5.23. The Morgan fingerprint density at radius 3 is 2.27 bits per heavy atom. The number of likely N-dealkylation sites (N-methyl/N-ethyl adjacent to an activating group) is 1. The lowest BCUT2D eigenvalue weighted by Crippen LogP contribution is -2.51. The lowest BCUT2D eigenvalue weighted by molar-refractivity contribution is 0.302. The third-order valence-corrected chi connectivity index (χ3v) is 6.31. The Hall–Kier alpha value is -2.44. The van der Waals surface area contributed by atoms with E-state index < -0.39 is 0 Å². The molecule has 2 N–H and O–H groups in total. The van der Waals surface area contributed by atoms with Gasteiger partial charge in [-0.25, -0.2) is 4.99 Å². The van der Waals surface area contributed by atoms with Crippen LogP contribution in [0.4, 0.5) is 17.1 Å². The summed E-state index contributed by atoms with van der Waals surface area (Å²) < 4.78 is 0. The second-order valence-corrected chi connectivity index (χ2v) is 8.28. The van der Waals surface area contributed by atoms with Gasteiger partial charge in [-0.2, -0.15) is 0 Å². The van der Waals surface area contributed by atoms with E-state index in [1.807, 2.05) is 0 Å². The van der Waals surface area contributed by atoms with Gasteiger partial charge in [0.15, 0.2) is 0 Å². The molecule has 160 valence electrons. The van der Waals surface area contributed by atoms with Crippen LogP contribution in [-0.2, 0) is 0 Å². The van der Waals surface area contributed by atoms with Gasteiger partial charge < -0.3 is 20.2 Å². The van der Waals surface area contributed by atoms with Crippen LogP contribution in [0.15, 0.2) is 47.5 Å². The molecule has 1 aliphatic heterocycles. The van der Waals surface area contributed by atoms with Crippen molar-refractivity contribution in [2.24, 2.45) is 4.99 Å². The minimum atomic E-state index is -0.358. The first-order chi connectivity index (χ1) is 14.3. The van der Waals surface area contributed by atoms with Gasteiger partial charge in [-0.1, -0.05) is 25.1 Å². The van der Waals surface area contributed by atoms with Gasteiger partial charge in [-0.3, -0.25) is 0 Å². The van der Waals surface area contributed by atoms with Crippen LogP contribution in [0.3, 0.4) is 0 Å². The summed E-state index contributed by atoms with van der Waals surface area (Å²) in [6, 6.07) is 14.6. The van der Waals surface area contributed by atoms with E-state index in [-0.39, 0.29) is 12.1 Å². The van der Waals surface area contributed by atoms with E-state index in [1.165, 1.54) is 11.1 Å². The maximum atomic E-state index is 9.29. The molecule has 2 aromatic rings. The summed E-state index contributed by atoms with van der Waals surface area (Å²) >= 11 is 5.70. The average Bonchev–Trinajstić information content (AvgIpc) is 2.99. The Morgan fingerprint density at radius 1 is 1.10 bits per heavy atom. The minimum Gasteiger partial charge on any atom is -0.395 e. The number of aliphatic hydroxyl groups excluding tert-OH is 1. The van der Waals surface area contributed by atoms with Crippen molar-refractivity contribution >= 4 is 40.2 Å². The first-order valence-electron chi connectivity index (χ1n) is 10.6. The van der Waals surface area contributed by atoms with Crippen LogP contribution in [0.25, 0.3) is 0 Å². The molecule has 6 heteroatoms. The monoisotopic (exact) mass is 424 g/mol. The number of amidine groups is 1. The molecule has 0 aromatic heterocycles. The standard InChI is InChI=1S/C24H32N4OS/c1-6-24(5)22(25-21-17(3)9-8-10-18(21)4)26-23(30)28(24)20-13-11-19(12-14-20)27(7-2)15-16-29/h8-14,29H,6-7,15-16H2,1-5H3,(H,25,26,30)/t24-/m0/s1. The SMILES string of the molecule is CCN(CCO)c1ccc(N2C(=S)N=C(Nc3c(C)cccc3C)[C@]2(C)CC)cc1. The van der Waals surface area contributed by atoms with Crippen molar-refractivity contribution in [3.8, 4) is 0 Å². The van der Waals surface area contributed by atoms with Crippen molar-refractivity contribution in [3.63, 3.8) is 0 Å². The first-order valence-corrected chi connectivity index (χ1v) is 11.0. The van der Waals surface area contributed by atoms with Crippen LogP contribution in [0.1, 0.15) is 38.3 Å². The first kappa shape index (κ1) is 22.2. The van der Waals surface area contributed by atoms with E-state index in [9.17, 15) is 5.11 Å². The molecule has 0 radical (unpaired) electrons. The predicted molar refractivity (Wildman–Crippen MR) is 132 cm³/mol. The van der Waals surface area contributed by atoms with Crippen molar-refractivity contribution in [2.75, 3.05) is 34.8 Å². The van der Waals surface area contributed by atoms with Gasteiger partial charge >= 0.3 is 0 Å². The van der Waals surface area contributed by atoms with Gasteiger partial charge in [-0.15, -0.1) is 0 Å².